The highest BCUT2D eigenvalue weighted by molar-refractivity contribution is 5.27. The van der Waals surface area contributed by atoms with Crippen LogP contribution in [-0.4, -0.2) is 0 Å². The first-order valence-electron chi connectivity index (χ1n) is 10.6. The van der Waals surface area contributed by atoms with Crippen molar-refractivity contribution in [2.24, 2.45) is 0 Å². The van der Waals surface area contributed by atoms with Crippen LogP contribution in [-0.2, 0) is 6.54 Å². The summed E-state index contributed by atoms with van der Waals surface area (Å²) in [6.45, 7) is 12.7. The van der Waals surface area contributed by atoms with E-state index in [4.69, 9.17) is 0 Å². The lowest BCUT2D eigenvalue weighted by Crippen LogP contribution is -2.34. The number of unbranched alkanes of at least 4 members (excludes halogenated alkanes) is 9. The average Bonchev–Trinajstić information content (AvgIpc) is 2.56. The second-order valence-corrected chi connectivity index (χ2v) is 8.08. The van der Waals surface area contributed by atoms with Gasteiger partial charge in [-0.05, 0) is 23.8 Å². The molecule has 1 rings (SSSR count). The Morgan fingerprint density at radius 3 is 1.71 bits per heavy atom. The molecule has 0 saturated heterocycles. The second kappa shape index (κ2) is 12.5. The average molecular weight is 333 g/mol. The van der Waals surface area contributed by atoms with Crippen LogP contribution in [0.4, 0.5) is 0 Å². The Balaban J connectivity index is 2.22. The summed E-state index contributed by atoms with van der Waals surface area (Å²) in [7, 11) is 0. The molecule has 0 aliphatic heterocycles. The summed E-state index contributed by atoms with van der Waals surface area (Å²) in [4.78, 5) is 0. The molecule has 24 heavy (non-hydrogen) atoms. The van der Waals surface area contributed by atoms with Gasteiger partial charge in [-0.2, -0.15) is 0 Å². The summed E-state index contributed by atoms with van der Waals surface area (Å²) in [6, 6.07) is 2.34. The van der Waals surface area contributed by atoms with E-state index in [9.17, 15) is 0 Å². The quantitative estimate of drug-likeness (QED) is 0.267. The third-order valence-electron chi connectivity index (χ3n) is 5.10. The van der Waals surface area contributed by atoms with Crippen molar-refractivity contribution < 1.29 is 4.57 Å². The first-order valence-corrected chi connectivity index (χ1v) is 10.6. The summed E-state index contributed by atoms with van der Waals surface area (Å²) in [5.41, 5.74) is 3.05. The maximum Gasteiger partial charge on any atom is 0.172 e. The highest BCUT2D eigenvalue weighted by Gasteiger charge is 2.14. The standard InChI is InChI=1S/C23H42N/c1-6-7-8-9-10-11-12-13-14-15-17-24-18-16-22(20(2)3)23(19-24)21(4)5/h16,18-21H,6-15,17H2,1-5H3/q+1. The molecule has 0 saturated carbocycles. The van der Waals surface area contributed by atoms with E-state index in [1.54, 1.807) is 0 Å². The molecule has 0 aliphatic rings. The number of pyridine rings is 1. The van der Waals surface area contributed by atoms with Gasteiger partial charge in [0.2, 0.25) is 0 Å². The Bertz CT molecular complexity index is 434. The monoisotopic (exact) mass is 332 g/mol. The molecular formula is C23H42N+. The third-order valence-corrected chi connectivity index (χ3v) is 5.10. The molecule has 0 bridgehead atoms. The number of nitrogens with zero attached hydrogens (tertiary/aromatic N) is 1. The van der Waals surface area contributed by atoms with Gasteiger partial charge in [-0.15, -0.1) is 0 Å². The molecule has 0 atom stereocenters. The molecule has 1 heterocycles. The summed E-state index contributed by atoms with van der Waals surface area (Å²) in [6.07, 6.45) is 18.8. The van der Waals surface area contributed by atoms with E-state index in [1.165, 1.54) is 81.9 Å². The largest absolute Gasteiger partial charge is 0.205 e. The molecule has 1 nitrogen and oxygen atoms in total. The molecular weight excluding hydrogens is 290 g/mol. The van der Waals surface area contributed by atoms with E-state index < -0.39 is 0 Å². The van der Waals surface area contributed by atoms with Crippen molar-refractivity contribution >= 4 is 0 Å². The van der Waals surface area contributed by atoms with Crippen molar-refractivity contribution in [3.05, 3.63) is 29.6 Å². The molecule has 0 spiro atoms. The van der Waals surface area contributed by atoms with Crippen LogP contribution in [0.5, 0.6) is 0 Å². The lowest BCUT2D eigenvalue weighted by atomic mass is 9.92. The first kappa shape index (κ1) is 21.2. The van der Waals surface area contributed by atoms with Crippen molar-refractivity contribution in [3.8, 4) is 0 Å². The summed E-state index contributed by atoms with van der Waals surface area (Å²) < 4.78 is 2.41. The molecule has 1 aromatic rings. The first-order chi connectivity index (χ1) is 11.6. The fourth-order valence-corrected chi connectivity index (χ4v) is 3.50. The third kappa shape index (κ3) is 8.31. The Kier molecular flexibility index (Phi) is 11.0. The van der Waals surface area contributed by atoms with Crippen molar-refractivity contribution in [1.29, 1.82) is 0 Å². The van der Waals surface area contributed by atoms with Crippen LogP contribution in [0, 0.1) is 0 Å². The molecule has 1 aromatic heterocycles. The zero-order valence-corrected chi connectivity index (χ0v) is 17.1. The fourth-order valence-electron chi connectivity index (χ4n) is 3.50. The lowest BCUT2D eigenvalue weighted by molar-refractivity contribution is -0.697. The minimum absolute atomic E-state index is 0.613. The van der Waals surface area contributed by atoms with Gasteiger partial charge in [-0.3, -0.25) is 0 Å². The number of hydrogen-bond donors (Lipinski definition) is 0. The predicted molar refractivity (Wildman–Crippen MR) is 107 cm³/mol. The number of aryl methyl sites for hydroxylation is 1. The zero-order valence-electron chi connectivity index (χ0n) is 17.1. The SMILES string of the molecule is CCCCCCCCCCCC[n+]1ccc(C(C)C)c(C(C)C)c1. The van der Waals surface area contributed by atoms with Gasteiger partial charge in [0.15, 0.2) is 12.4 Å². The Morgan fingerprint density at radius 1 is 0.708 bits per heavy atom. The Morgan fingerprint density at radius 2 is 1.21 bits per heavy atom. The fraction of sp³-hybridized carbons (Fsp3) is 0.783. The zero-order chi connectivity index (χ0) is 17.8. The Hall–Kier alpha value is -0.850. The minimum atomic E-state index is 0.613. The second-order valence-electron chi connectivity index (χ2n) is 8.08. The summed E-state index contributed by atoms with van der Waals surface area (Å²) in [5, 5.41) is 0. The van der Waals surface area contributed by atoms with Gasteiger partial charge < -0.3 is 0 Å². The van der Waals surface area contributed by atoms with Crippen LogP contribution in [0.3, 0.4) is 0 Å². The van der Waals surface area contributed by atoms with Gasteiger partial charge in [0.25, 0.3) is 0 Å². The molecule has 138 valence electrons. The number of aromatic nitrogens is 1. The topological polar surface area (TPSA) is 3.88 Å². The highest BCUT2D eigenvalue weighted by atomic mass is 14.9. The molecule has 0 aromatic carbocycles. The van der Waals surface area contributed by atoms with E-state index in [0.29, 0.717) is 11.8 Å². The maximum atomic E-state index is 2.41. The molecule has 0 N–H and O–H groups in total. The van der Waals surface area contributed by atoms with E-state index >= 15 is 0 Å². The normalized spacial score (nSPS) is 11.6. The smallest absolute Gasteiger partial charge is 0.172 e. The number of rotatable bonds is 13. The lowest BCUT2D eigenvalue weighted by Gasteiger charge is -2.14. The molecule has 0 fully saturated rings. The molecule has 0 unspecified atom stereocenters. The molecule has 1 heteroatoms. The van der Waals surface area contributed by atoms with Gasteiger partial charge in [0, 0.05) is 18.1 Å². The predicted octanol–water partition coefficient (Wildman–Crippen LogP) is 7.14. The van der Waals surface area contributed by atoms with Crippen LogP contribution in [0.15, 0.2) is 18.5 Å². The van der Waals surface area contributed by atoms with Gasteiger partial charge in [0.1, 0.15) is 6.54 Å². The van der Waals surface area contributed by atoms with Crippen molar-refractivity contribution in [2.75, 3.05) is 0 Å². The summed E-state index contributed by atoms with van der Waals surface area (Å²) in [5.74, 6) is 1.23. The minimum Gasteiger partial charge on any atom is -0.205 e. The van der Waals surface area contributed by atoms with Gasteiger partial charge in [0.05, 0.1) is 0 Å². The van der Waals surface area contributed by atoms with Crippen LogP contribution in [0.25, 0.3) is 0 Å². The van der Waals surface area contributed by atoms with E-state index in [0.717, 1.165) is 0 Å². The van der Waals surface area contributed by atoms with Gasteiger partial charge in [-0.25, -0.2) is 4.57 Å². The van der Waals surface area contributed by atoms with E-state index in [2.05, 4.69) is 57.6 Å². The van der Waals surface area contributed by atoms with Gasteiger partial charge >= 0.3 is 0 Å². The molecule has 0 aliphatic carbocycles. The van der Waals surface area contributed by atoms with Crippen molar-refractivity contribution in [2.45, 2.75) is 117 Å². The van der Waals surface area contributed by atoms with Crippen molar-refractivity contribution in [3.63, 3.8) is 0 Å². The Labute approximate surface area is 151 Å². The maximum absolute atomic E-state index is 2.41. The number of hydrogen-bond acceptors (Lipinski definition) is 0. The molecule has 0 radical (unpaired) electrons. The molecule has 0 amide bonds. The highest BCUT2D eigenvalue weighted by Crippen LogP contribution is 2.24. The van der Waals surface area contributed by atoms with E-state index in [-0.39, 0.29) is 0 Å². The van der Waals surface area contributed by atoms with Gasteiger partial charge in [-0.1, -0.05) is 86.0 Å². The van der Waals surface area contributed by atoms with Crippen LogP contribution in [0.2, 0.25) is 0 Å². The summed E-state index contributed by atoms with van der Waals surface area (Å²) >= 11 is 0. The van der Waals surface area contributed by atoms with Crippen molar-refractivity contribution in [1.82, 2.24) is 0 Å². The van der Waals surface area contributed by atoms with Crippen LogP contribution in [0.1, 0.15) is 122 Å². The van der Waals surface area contributed by atoms with E-state index in [1.807, 2.05) is 0 Å². The van der Waals surface area contributed by atoms with Crippen LogP contribution >= 0.6 is 0 Å². The van der Waals surface area contributed by atoms with Crippen LogP contribution < -0.4 is 4.57 Å².